The van der Waals surface area contributed by atoms with E-state index in [2.05, 4.69) is 5.10 Å². The van der Waals surface area contributed by atoms with Crippen LogP contribution in [0.4, 0.5) is 0 Å². The Morgan fingerprint density at radius 3 is 2.57 bits per heavy atom. The van der Waals surface area contributed by atoms with E-state index in [1.807, 2.05) is 46.0 Å². The van der Waals surface area contributed by atoms with Gasteiger partial charge in [-0.25, -0.2) is 0 Å². The number of aromatic amines is 1. The molecule has 0 aliphatic heterocycles. The quantitative estimate of drug-likeness (QED) is 0.682. The maximum absolute atomic E-state index is 11.3. The standard InChI is InChI=1S/C9H10N2O.C2H6/c1-6-3-4-8-7(5-6)9(12)10-11(8)2;1-2/h3-5H,1-2H3,(H,10,12);1-2H3. The van der Waals surface area contributed by atoms with Crippen LogP contribution in [0.15, 0.2) is 23.0 Å². The fourth-order valence-corrected chi connectivity index (χ4v) is 1.40. The molecule has 1 N–H and O–H groups in total. The highest BCUT2D eigenvalue weighted by Gasteiger charge is 2.01. The second kappa shape index (κ2) is 4.13. The van der Waals surface area contributed by atoms with Gasteiger partial charge in [0.15, 0.2) is 0 Å². The summed E-state index contributed by atoms with van der Waals surface area (Å²) in [6, 6.07) is 5.84. The van der Waals surface area contributed by atoms with Gasteiger partial charge in [-0.15, -0.1) is 0 Å². The molecule has 0 radical (unpaired) electrons. The third kappa shape index (κ3) is 1.71. The van der Waals surface area contributed by atoms with Gasteiger partial charge in [-0.1, -0.05) is 25.5 Å². The first-order valence-electron chi connectivity index (χ1n) is 4.84. The van der Waals surface area contributed by atoms with Crippen LogP contribution in [0.5, 0.6) is 0 Å². The van der Waals surface area contributed by atoms with E-state index in [0.717, 1.165) is 16.5 Å². The molecule has 3 heteroatoms. The Labute approximate surface area is 83.3 Å². The van der Waals surface area contributed by atoms with Gasteiger partial charge in [0.05, 0.1) is 10.9 Å². The highest BCUT2D eigenvalue weighted by atomic mass is 16.1. The summed E-state index contributed by atoms with van der Waals surface area (Å²) in [6.45, 7) is 5.98. The molecule has 76 valence electrons. The minimum Gasteiger partial charge on any atom is -0.288 e. The Morgan fingerprint density at radius 2 is 1.93 bits per heavy atom. The normalized spacial score (nSPS) is 9.71. The lowest BCUT2D eigenvalue weighted by molar-refractivity contribution is 0.783. The van der Waals surface area contributed by atoms with E-state index in [4.69, 9.17) is 0 Å². The van der Waals surface area contributed by atoms with Crippen LogP contribution < -0.4 is 5.56 Å². The molecule has 2 rings (SSSR count). The topological polar surface area (TPSA) is 37.8 Å². The largest absolute Gasteiger partial charge is 0.288 e. The Kier molecular flexibility index (Phi) is 3.12. The highest BCUT2D eigenvalue weighted by molar-refractivity contribution is 5.78. The number of rotatable bonds is 0. The number of H-pyrrole nitrogens is 1. The van der Waals surface area contributed by atoms with E-state index in [1.165, 1.54) is 0 Å². The smallest absolute Gasteiger partial charge is 0.271 e. The van der Waals surface area contributed by atoms with Gasteiger partial charge in [0.25, 0.3) is 5.56 Å². The zero-order valence-electron chi connectivity index (χ0n) is 9.09. The third-order valence-electron chi connectivity index (χ3n) is 2.03. The van der Waals surface area contributed by atoms with Crippen LogP contribution in [0.3, 0.4) is 0 Å². The molecule has 3 nitrogen and oxygen atoms in total. The van der Waals surface area contributed by atoms with Gasteiger partial charge in [0.2, 0.25) is 0 Å². The molecule has 0 bridgehead atoms. The maximum Gasteiger partial charge on any atom is 0.271 e. The number of hydrogen-bond acceptors (Lipinski definition) is 1. The van der Waals surface area contributed by atoms with Crippen LogP contribution in [-0.2, 0) is 7.05 Å². The van der Waals surface area contributed by atoms with Crippen LogP contribution in [0, 0.1) is 6.92 Å². The monoisotopic (exact) mass is 192 g/mol. The van der Waals surface area contributed by atoms with Crippen LogP contribution in [-0.4, -0.2) is 9.78 Å². The van der Waals surface area contributed by atoms with Crippen molar-refractivity contribution in [1.82, 2.24) is 9.78 Å². The molecule has 0 saturated heterocycles. The Bertz CT molecular complexity index is 479. The van der Waals surface area contributed by atoms with Crippen LogP contribution in [0.2, 0.25) is 0 Å². The summed E-state index contributed by atoms with van der Waals surface area (Å²) in [5, 5.41) is 3.47. The fourth-order valence-electron chi connectivity index (χ4n) is 1.40. The average molecular weight is 192 g/mol. The zero-order valence-corrected chi connectivity index (χ0v) is 9.09. The Morgan fingerprint density at radius 1 is 1.29 bits per heavy atom. The molecule has 0 spiro atoms. The fraction of sp³-hybridized carbons (Fsp3) is 0.364. The van der Waals surface area contributed by atoms with E-state index >= 15 is 0 Å². The first kappa shape index (κ1) is 10.6. The average Bonchev–Trinajstić information content (AvgIpc) is 2.46. The zero-order chi connectivity index (χ0) is 10.7. The first-order valence-corrected chi connectivity index (χ1v) is 4.84. The van der Waals surface area contributed by atoms with Crippen molar-refractivity contribution in [2.75, 3.05) is 0 Å². The third-order valence-corrected chi connectivity index (χ3v) is 2.03. The number of aromatic nitrogens is 2. The number of nitrogens with one attached hydrogen (secondary N) is 1. The Hall–Kier alpha value is -1.51. The molecule has 0 fully saturated rings. The minimum atomic E-state index is -0.0174. The predicted octanol–water partition coefficient (Wildman–Crippen LogP) is 2.20. The summed E-state index contributed by atoms with van der Waals surface area (Å²) in [7, 11) is 1.83. The second-order valence-electron chi connectivity index (χ2n) is 3.02. The number of aryl methyl sites for hydroxylation is 2. The first-order chi connectivity index (χ1) is 6.68. The van der Waals surface area contributed by atoms with Crippen molar-refractivity contribution in [1.29, 1.82) is 0 Å². The summed E-state index contributed by atoms with van der Waals surface area (Å²) >= 11 is 0. The number of hydrogen-bond donors (Lipinski definition) is 1. The van der Waals surface area contributed by atoms with Gasteiger partial charge in [-0.2, -0.15) is 0 Å². The van der Waals surface area contributed by atoms with E-state index in [-0.39, 0.29) is 5.56 Å². The van der Waals surface area contributed by atoms with Crippen molar-refractivity contribution in [3.8, 4) is 0 Å². The molecular formula is C11H16N2O. The summed E-state index contributed by atoms with van der Waals surface area (Å²) in [5.74, 6) is 0. The van der Waals surface area contributed by atoms with E-state index in [1.54, 1.807) is 4.68 Å². The van der Waals surface area contributed by atoms with Crippen molar-refractivity contribution >= 4 is 10.9 Å². The highest BCUT2D eigenvalue weighted by Crippen LogP contribution is 2.09. The van der Waals surface area contributed by atoms with Gasteiger partial charge in [-0.3, -0.25) is 14.6 Å². The number of fused-ring (bicyclic) bond motifs is 1. The molecule has 1 aromatic heterocycles. The van der Waals surface area contributed by atoms with Crippen LogP contribution in [0.25, 0.3) is 10.9 Å². The van der Waals surface area contributed by atoms with E-state index < -0.39 is 0 Å². The van der Waals surface area contributed by atoms with Gasteiger partial charge in [-0.05, 0) is 19.1 Å². The molecule has 0 saturated carbocycles. The molecule has 1 aromatic carbocycles. The maximum atomic E-state index is 11.3. The Balaban J connectivity index is 0.000000461. The number of benzene rings is 1. The molecule has 14 heavy (non-hydrogen) atoms. The minimum absolute atomic E-state index is 0.0174. The SMILES string of the molecule is CC.Cc1ccc2c(c1)c(=O)[nH]n2C. The number of nitrogens with zero attached hydrogens (tertiary/aromatic N) is 1. The van der Waals surface area contributed by atoms with E-state index in [0.29, 0.717) is 0 Å². The second-order valence-corrected chi connectivity index (χ2v) is 3.02. The van der Waals surface area contributed by atoms with Crippen LogP contribution in [0.1, 0.15) is 19.4 Å². The lowest BCUT2D eigenvalue weighted by Gasteiger charge is -1.94. The van der Waals surface area contributed by atoms with Gasteiger partial charge >= 0.3 is 0 Å². The summed E-state index contributed by atoms with van der Waals surface area (Å²) in [5.41, 5.74) is 2.04. The molecule has 0 atom stereocenters. The van der Waals surface area contributed by atoms with Crippen molar-refractivity contribution in [2.24, 2.45) is 7.05 Å². The molecule has 1 heterocycles. The lowest BCUT2D eigenvalue weighted by Crippen LogP contribution is -2.01. The van der Waals surface area contributed by atoms with Gasteiger partial charge in [0.1, 0.15) is 0 Å². The van der Waals surface area contributed by atoms with Gasteiger partial charge in [0, 0.05) is 7.05 Å². The van der Waals surface area contributed by atoms with Gasteiger partial charge < -0.3 is 0 Å². The molecule has 0 amide bonds. The van der Waals surface area contributed by atoms with Crippen molar-refractivity contribution in [3.63, 3.8) is 0 Å². The lowest BCUT2D eigenvalue weighted by atomic mass is 10.2. The summed E-state index contributed by atoms with van der Waals surface area (Å²) in [6.07, 6.45) is 0. The van der Waals surface area contributed by atoms with Crippen molar-refractivity contribution in [2.45, 2.75) is 20.8 Å². The summed E-state index contributed by atoms with van der Waals surface area (Å²) < 4.78 is 1.73. The summed E-state index contributed by atoms with van der Waals surface area (Å²) in [4.78, 5) is 11.3. The van der Waals surface area contributed by atoms with Crippen molar-refractivity contribution < 1.29 is 0 Å². The van der Waals surface area contributed by atoms with E-state index in [9.17, 15) is 4.79 Å². The molecule has 0 aliphatic rings. The molecule has 2 aromatic rings. The molecular weight excluding hydrogens is 176 g/mol. The van der Waals surface area contributed by atoms with Crippen molar-refractivity contribution in [3.05, 3.63) is 34.1 Å². The van der Waals surface area contributed by atoms with Crippen LogP contribution >= 0.6 is 0 Å². The molecule has 0 unspecified atom stereocenters. The molecule has 0 aliphatic carbocycles. The predicted molar refractivity (Wildman–Crippen MR) is 59.6 cm³/mol.